The lowest BCUT2D eigenvalue weighted by molar-refractivity contribution is -0.142. The molecule has 4 nitrogen and oxygen atoms in total. The zero-order valence-corrected chi connectivity index (χ0v) is 9.72. The van der Waals surface area contributed by atoms with Crippen LogP contribution in [0, 0.1) is 0 Å². The highest BCUT2D eigenvalue weighted by Gasteiger charge is 2.09. The fourth-order valence-electron chi connectivity index (χ4n) is 1.66. The largest absolute Gasteiger partial charge is 0.466 e. The van der Waals surface area contributed by atoms with Gasteiger partial charge in [-0.2, -0.15) is 0 Å². The molecule has 17 heavy (non-hydrogen) atoms. The van der Waals surface area contributed by atoms with Crippen molar-refractivity contribution < 1.29 is 9.53 Å². The van der Waals surface area contributed by atoms with Crippen LogP contribution in [0.15, 0.2) is 31.1 Å². The normalized spacial score (nSPS) is 10.4. The molecule has 2 aromatic rings. The number of carbonyl (C=O) groups is 1. The molecule has 2 heterocycles. The number of imidazole rings is 1. The van der Waals surface area contributed by atoms with Crippen molar-refractivity contribution in [2.75, 3.05) is 6.61 Å². The topological polar surface area (TPSA) is 43.6 Å². The van der Waals surface area contributed by atoms with Crippen molar-refractivity contribution in [2.24, 2.45) is 0 Å². The maximum atomic E-state index is 11.4. The van der Waals surface area contributed by atoms with Gasteiger partial charge in [0.15, 0.2) is 0 Å². The summed E-state index contributed by atoms with van der Waals surface area (Å²) in [5.74, 6) is -0.238. The monoisotopic (exact) mass is 230 g/mol. The van der Waals surface area contributed by atoms with Gasteiger partial charge in [-0.3, -0.25) is 4.79 Å². The average molecular weight is 230 g/mol. The van der Waals surface area contributed by atoms with Crippen molar-refractivity contribution >= 4 is 17.7 Å². The molecule has 0 amide bonds. The molecule has 0 unspecified atom stereocenters. The second-order valence-corrected chi connectivity index (χ2v) is 3.63. The maximum absolute atomic E-state index is 11.4. The molecule has 0 saturated carbocycles. The van der Waals surface area contributed by atoms with E-state index in [2.05, 4.69) is 11.6 Å². The van der Waals surface area contributed by atoms with Gasteiger partial charge in [0.2, 0.25) is 0 Å². The minimum absolute atomic E-state index is 0.232. The Labute approximate surface area is 99.5 Å². The number of rotatable bonds is 4. The summed E-state index contributed by atoms with van der Waals surface area (Å²) >= 11 is 0. The molecule has 0 N–H and O–H groups in total. The summed E-state index contributed by atoms with van der Waals surface area (Å²) in [6, 6.07) is 3.83. The standard InChI is InChI=1S/C13H14N2O2/c1-3-10-5-6-12-14-8-11(15(12)9-10)7-13(16)17-4-2/h3,5-6,8-9H,1,4,7H2,2H3. The van der Waals surface area contributed by atoms with Gasteiger partial charge in [0.1, 0.15) is 5.65 Å². The maximum Gasteiger partial charge on any atom is 0.311 e. The number of aromatic nitrogens is 2. The van der Waals surface area contributed by atoms with Gasteiger partial charge < -0.3 is 9.14 Å². The van der Waals surface area contributed by atoms with Gasteiger partial charge in [-0.05, 0) is 24.6 Å². The van der Waals surface area contributed by atoms with Crippen LogP contribution in [-0.4, -0.2) is 22.0 Å². The van der Waals surface area contributed by atoms with E-state index in [1.807, 2.05) is 22.7 Å². The van der Waals surface area contributed by atoms with E-state index in [4.69, 9.17) is 4.74 Å². The summed E-state index contributed by atoms with van der Waals surface area (Å²) in [5, 5.41) is 0. The smallest absolute Gasteiger partial charge is 0.311 e. The van der Waals surface area contributed by atoms with E-state index in [-0.39, 0.29) is 12.4 Å². The number of carbonyl (C=O) groups excluding carboxylic acids is 1. The lowest BCUT2D eigenvalue weighted by Gasteiger charge is -2.03. The zero-order valence-electron chi connectivity index (χ0n) is 9.72. The van der Waals surface area contributed by atoms with Crippen LogP contribution in [0.3, 0.4) is 0 Å². The van der Waals surface area contributed by atoms with Crippen LogP contribution in [0.2, 0.25) is 0 Å². The fourth-order valence-corrected chi connectivity index (χ4v) is 1.66. The lowest BCUT2D eigenvalue weighted by atomic mass is 10.2. The molecule has 0 saturated heterocycles. The fraction of sp³-hybridized carbons (Fsp3) is 0.231. The first-order valence-electron chi connectivity index (χ1n) is 5.48. The third-order valence-electron chi connectivity index (χ3n) is 2.47. The van der Waals surface area contributed by atoms with Crippen LogP contribution in [0.25, 0.3) is 11.7 Å². The minimum atomic E-state index is -0.238. The molecule has 2 rings (SSSR count). The predicted molar refractivity (Wildman–Crippen MR) is 65.6 cm³/mol. The SMILES string of the molecule is C=Cc1ccc2ncc(CC(=O)OCC)n2c1. The Bertz CT molecular complexity index is 558. The van der Waals surface area contributed by atoms with Crippen LogP contribution >= 0.6 is 0 Å². The number of hydrogen-bond acceptors (Lipinski definition) is 3. The molecule has 0 radical (unpaired) electrons. The molecule has 0 aliphatic rings. The molecule has 0 spiro atoms. The van der Waals surface area contributed by atoms with Crippen molar-refractivity contribution in [3.8, 4) is 0 Å². The molecule has 0 aliphatic heterocycles. The molecule has 0 aromatic carbocycles. The molecule has 0 fully saturated rings. The molecule has 2 aromatic heterocycles. The molecule has 0 bridgehead atoms. The van der Waals surface area contributed by atoms with Gasteiger partial charge in [0, 0.05) is 12.4 Å². The highest BCUT2D eigenvalue weighted by Crippen LogP contribution is 2.11. The summed E-state index contributed by atoms with van der Waals surface area (Å²) < 4.78 is 6.80. The third kappa shape index (κ3) is 2.36. The molecular formula is C13H14N2O2. The number of ether oxygens (including phenoxy) is 1. The number of esters is 1. The van der Waals surface area contributed by atoms with Crippen LogP contribution in [0.4, 0.5) is 0 Å². The van der Waals surface area contributed by atoms with E-state index in [0.29, 0.717) is 6.61 Å². The molecule has 88 valence electrons. The van der Waals surface area contributed by atoms with Gasteiger partial charge in [0.25, 0.3) is 0 Å². The van der Waals surface area contributed by atoms with Crippen LogP contribution in [0.5, 0.6) is 0 Å². The Morgan fingerprint density at radius 1 is 1.59 bits per heavy atom. The van der Waals surface area contributed by atoms with E-state index >= 15 is 0 Å². The summed E-state index contributed by atoms with van der Waals surface area (Å²) in [6.45, 7) is 5.91. The Balaban J connectivity index is 2.34. The van der Waals surface area contributed by atoms with E-state index in [9.17, 15) is 4.79 Å². The molecular weight excluding hydrogens is 216 g/mol. The summed E-state index contributed by atoms with van der Waals surface area (Å²) in [4.78, 5) is 15.7. The first-order valence-corrected chi connectivity index (χ1v) is 5.48. The highest BCUT2D eigenvalue weighted by molar-refractivity contribution is 5.72. The van der Waals surface area contributed by atoms with Gasteiger partial charge in [-0.15, -0.1) is 0 Å². The average Bonchev–Trinajstić information content (AvgIpc) is 2.72. The minimum Gasteiger partial charge on any atom is -0.466 e. The summed E-state index contributed by atoms with van der Waals surface area (Å²) in [7, 11) is 0. The van der Waals surface area contributed by atoms with E-state index in [1.165, 1.54) is 0 Å². The first-order chi connectivity index (χ1) is 8.24. The predicted octanol–water partition coefficient (Wildman–Crippen LogP) is 2.08. The van der Waals surface area contributed by atoms with Crippen molar-refractivity contribution in [1.82, 2.24) is 9.38 Å². The van der Waals surface area contributed by atoms with Crippen molar-refractivity contribution in [2.45, 2.75) is 13.3 Å². The van der Waals surface area contributed by atoms with Crippen molar-refractivity contribution in [3.05, 3.63) is 42.4 Å². The van der Waals surface area contributed by atoms with E-state index in [1.54, 1.807) is 19.2 Å². The van der Waals surface area contributed by atoms with Crippen LogP contribution in [0.1, 0.15) is 18.2 Å². The number of nitrogens with zero attached hydrogens (tertiary/aromatic N) is 2. The molecule has 4 heteroatoms. The Morgan fingerprint density at radius 3 is 3.12 bits per heavy atom. The number of hydrogen-bond donors (Lipinski definition) is 0. The van der Waals surface area contributed by atoms with Gasteiger partial charge in [-0.1, -0.05) is 12.7 Å². The van der Waals surface area contributed by atoms with Crippen molar-refractivity contribution in [3.63, 3.8) is 0 Å². The van der Waals surface area contributed by atoms with Gasteiger partial charge in [0.05, 0.1) is 18.7 Å². The number of pyridine rings is 1. The molecule has 0 atom stereocenters. The van der Waals surface area contributed by atoms with Gasteiger partial charge in [-0.25, -0.2) is 4.98 Å². The second kappa shape index (κ2) is 4.82. The van der Waals surface area contributed by atoms with Crippen LogP contribution < -0.4 is 0 Å². The van der Waals surface area contributed by atoms with E-state index < -0.39 is 0 Å². The Hall–Kier alpha value is -2.10. The third-order valence-corrected chi connectivity index (χ3v) is 2.47. The van der Waals surface area contributed by atoms with Crippen LogP contribution in [-0.2, 0) is 16.0 Å². The Kier molecular flexibility index (Phi) is 3.23. The van der Waals surface area contributed by atoms with Crippen molar-refractivity contribution in [1.29, 1.82) is 0 Å². The first kappa shape index (κ1) is 11.4. The Morgan fingerprint density at radius 2 is 2.41 bits per heavy atom. The van der Waals surface area contributed by atoms with Gasteiger partial charge >= 0.3 is 5.97 Å². The second-order valence-electron chi connectivity index (χ2n) is 3.63. The zero-order chi connectivity index (χ0) is 12.3. The number of fused-ring (bicyclic) bond motifs is 1. The highest BCUT2D eigenvalue weighted by atomic mass is 16.5. The van der Waals surface area contributed by atoms with E-state index in [0.717, 1.165) is 16.9 Å². The molecule has 0 aliphatic carbocycles. The quantitative estimate of drug-likeness (QED) is 0.755. The summed E-state index contributed by atoms with van der Waals surface area (Å²) in [5.41, 5.74) is 2.62. The lowest BCUT2D eigenvalue weighted by Crippen LogP contribution is -2.09. The summed E-state index contributed by atoms with van der Waals surface area (Å²) in [6.07, 6.45) is 5.59.